The van der Waals surface area contributed by atoms with Gasteiger partial charge in [0.2, 0.25) is 0 Å². The molecule has 0 saturated carbocycles. The summed E-state index contributed by atoms with van der Waals surface area (Å²) in [5.74, 6) is 0.222. The SMILES string of the molecule is O=C(O)/C=N/Nc1ccc(Oc2ccc(Cl)cc2)cc1. The van der Waals surface area contributed by atoms with Crippen LogP contribution in [0, 0.1) is 0 Å². The molecule has 20 heavy (non-hydrogen) atoms. The molecule has 0 amide bonds. The molecule has 0 radical (unpaired) electrons. The van der Waals surface area contributed by atoms with E-state index in [0.717, 1.165) is 6.21 Å². The van der Waals surface area contributed by atoms with E-state index in [1.807, 2.05) is 0 Å². The zero-order valence-corrected chi connectivity index (χ0v) is 11.0. The van der Waals surface area contributed by atoms with Crippen LogP contribution in [0.4, 0.5) is 5.69 Å². The van der Waals surface area contributed by atoms with Gasteiger partial charge in [-0.05, 0) is 48.5 Å². The van der Waals surface area contributed by atoms with Crippen LogP contribution in [0.5, 0.6) is 11.5 Å². The van der Waals surface area contributed by atoms with Gasteiger partial charge in [0.25, 0.3) is 0 Å². The number of carboxylic acids is 1. The number of ether oxygens (including phenoxy) is 1. The van der Waals surface area contributed by atoms with E-state index in [-0.39, 0.29) is 0 Å². The Labute approximate surface area is 120 Å². The van der Waals surface area contributed by atoms with Gasteiger partial charge < -0.3 is 9.84 Å². The first-order chi connectivity index (χ1) is 9.63. The molecule has 0 aliphatic heterocycles. The number of nitrogens with one attached hydrogen (secondary N) is 1. The maximum absolute atomic E-state index is 10.3. The molecule has 0 spiro atoms. The lowest BCUT2D eigenvalue weighted by molar-refractivity contribution is -0.128. The first-order valence-electron chi connectivity index (χ1n) is 5.69. The second kappa shape index (κ2) is 6.58. The largest absolute Gasteiger partial charge is 0.477 e. The van der Waals surface area contributed by atoms with Crippen molar-refractivity contribution in [3.8, 4) is 11.5 Å². The zero-order valence-electron chi connectivity index (χ0n) is 10.3. The van der Waals surface area contributed by atoms with E-state index >= 15 is 0 Å². The summed E-state index contributed by atoms with van der Waals surface area (Å²) in [6, 6.07) is 14.0. The number of carboxylic acid groups (broad SMARTS) is 1. The number of carbonyl (C=O) groups is 1. The molecule has 0 aromatic heterocycles. The second-order valence-electron chi connectivity index (χ2n) is 3.79. The summed E-state index contributed by atoms with van der Waals surface area (Å²) in [5.41, 5.74) is 3.25. The van der Waals surface area contributed by atoms with Crippen molar-refractivity contribution in [1.82, 2.24) is 0 Å². The van der Waals surface area contributed by atoms with Crippen LogP contribution >= 0.6 is 11.6 Å². The van der Waals surface area contributed by atoms with Gasteiger partial charge in [0.15, 0.2) is 0 Å². The van der Waals surface area contributed by atoms with E-state index in [0.29, 0.717) is 22.2 Å². The molecule has 0 heterocycles. The normalized spacial score (nSPS) is 10.4. The molecule has 0 aliphatic carbocycles. The van der Waals surface area contributed by atoms with E-state index in [4.69, 9.17) is 21.4 Å². The number of halogens is 1. The Balaban J connectivity index is 1.97. The number of hydrogen-bond acceptors (Lipinski definition) is 4. The molecule has 2 aromatic rings. The molecule has 0 fully saturated rings. The molecule has 0 atom stereocenters. The van der Waals surface area contributed by atoms with Gasteiger partial charge in [0, 0.05) is 5.02 Å². The van der Waals surface area contributed by atoms with Gasteiger partial charge in [-0.3, -0.25) is 5.43 Å². The van der Waals surface area contributed by atoms with E-state index in [1.165, 1.54) is 0 Å². The minimum absolute atomic E-state index is 0.646. The minimum atomic E-state index is -1.11. The number of nitrogens with zero attached hydrogens (tertiary/aromatic N) is 1. The lowest BCUT2D eigenvalue weighted by atomic mass is 10.3. The second-order valence-corrected chi connectivity index (χ2v) is 4.23. The van der Waals surface area contributed by atoms with Crippen molar-refractivity contribution in [2.24, 2.45) is 5.10 Å². The Morgan fingerprint density at radius 1 is 1.10 bits per heavy atom. The lowest BCUT2D eigenvalue weighted by Gasteiger charge is -2.06. The van der Waals surface area contributed by atoms with Gasteiger partial charge in [0.05, 0.1) is 5.69 Å². The average Bonchev–Trinajstić information content (AvgIpc) is 2.43. The quantitative estimate of drug-likeness (QED) is 0.652. The standard InChI is InChI=1S/C14H11ClN2O3/c15-10-1-5-12(6-2-10)20-13-7-3-11(4-8-13)17-16-9-14(18)19/h1-9,17H,(H,18,19)/b16-9+. The fraction of sp³-hybridized carbons (Fsp3) is 0. The number of rotatable bonds is 5. The van der Waals surface area contributed by atoms with Crippen LogP contribution in [0.15, 0.2) is 53.6 Å². The number of hydrazone groups is 1. The van der Waals surface area contributed by atoms with Crippen molar-refractivity contribution >= 4 is 29.5 Å². The fourth-order valence-corrected chi connectivity index (χ4v) is 1.52. The highest BCUT2D eigenvalue weighted by atomic mass is 35.5. The summed E-state index contributed by atoms with van der Waals surface area (Å²) in [4.78, 5) is 10.3. The third-order valence-electron chi connectivity index (χ3n) is 2.27. The first-order valence-corrected chi connectivity index (χ1v) is 6.07. The molecule has 6 heteroatoms. The molecule has 5 nitrogen and oxygen atoms in total. The predicted octanol–water partition coefficient (Wildman–Crippen LogP) is 3.61. The third kappa shape index (κ3) is 4.29. The van der Waals surface area contributed by atoms with Crippen LogP contribution in [-0.2, 0) is 4.79 Å². The Hall–Kier alpha value is -2.53. The van der Waals surface area contributed by atoms with Gasteiger partial charge in [-0.15, -0.1) is 0 Å². The van der Waals surface area contributed by atoms with Crippen LogP contribution in [0.1, 0.15) is 0 Å². The highest BCUT2D eigenvalue weighted by Gasteiger charge is 1.98. The monoisotopic (exact) mass is 290 g/mol. The maximum Gasteiger partial charge on any atom is 0.348 e. The number of anilines is 1. The van der Waals surface area contributed by atoms with Crippen molar-refractivity contribution in [3.05, 3.63) is 53.6 Å². The zero-order chi connectivity index (χ0) is 14.4. The van der Waals surface area contributed by atoms with Crippen LogP contribution in [0.2, 0.25) is 5.02 Å². The lowest BCUT2D eigenvalue weighted by Crippen LogP contribution is -1.98. The third-order valence-corrected chi connectivity index (χ3v) is 2.52. The van der Waals surface area contributed by atoms with Crippen molar-refractivity contribution in [2.45, 2.75) is 0 Å². The van der Waals surface area contributed by atoms with Crippen molar-refractivity contribution < 1.29 is 14.6 Å². The first kappa shape index (κ1) is 13.9. The molecule has 102 valence electrons. The van der Waals surface area contributed by atoms with Crippen LogP contribution in [0.25, 0.3) is 0 Å². The topological polar surface area (TPSA) is 70.9 Å². The van der Waals surface area contributed by atoms with Gasteiger partial charge in [-0.2, -0.15) is 5.10 Å². The molecule has 0 saturated heterocycles. The maximum atomic E-state index is 10.3. The molecular weight excluding hydrogens is 280 g/mol. The molecule has 2 rings (SSSR count). The van der Waals surface area contributed by atoms with Crippen molar-refractivity contribution in [3.63, 3.8) is 0 Å². The van der Waals surface area contributed by atoms with E-state index < -0.39 is 5.97 Å². The summed E-state index contributed by atoms with van der Waals surface area (Å²) >= 11 is 5.79. The Morgan fingerprint density at radius 3 is 2.20 bits per heavy atom. The molecular formula is C14H11ClN2O3. The molecule has 2 N–H and O–H groups in total. The molecule has 0 aliphatic rings. The average molecular weight is 291 g/mol. The van der Waals surface area contributed by atoms with Crippen LogP contribution < -0.4 is 10.2 Å². The molecule has 2 aromatic carbocycles. The fourth-order valence-electron chi connectivity index (χ4n) is 1.40. The number of hydrogen-bond donors (Lipinski definition) is 2. The van der Waals surface area contributed by atoms with E-state index in [9.17, 15) is 4.79 Å². The Kier molecular flexibility index (Phi) is 4.57. The summed E-state index contributed by atoms with van der Waals surface area (Å²) in [7, 11) is 0. The van der Waals surface area contributed by atoms with Crippen molar-refractivity contribution in [1.29, 1.82) is 0 Å². The van der Waals surface area contributed by atoms with E-state index in [2.05, 4.69) is 10.5 Å². The highest BCUT2D eigenvalue weighted by Crippen LogP contribution is 2.24. The summed E-state index contributed by atoms with van der Waals surface area (Å²) < 4.78 is 5.61. The Bertz CT molecular complexity index is 609. The van der Waals surface area contributed by atoms with Gasteiger partial charge >= 0.3 is 5.97 Å². The number of benzene rings is 2. The smallest absolute Gasteiger partial charge is 0.348 e. The van der Waals surface area contributed by atoms with Gasteiger partial charge in [-0.1, -0.05) is 11.6 Å². The summed E-state index contributed by atoms with van der Waals surface area (Å²) in [5, 5.41) is 12.6. The van der Waals surface area contributed by atoms with Crippen LogP contribution in [-0.4, -0.2) is 17.3 Å². The highest BCUT2D eigenvalue weighted by molar-refractivity contribution is 6.30. The Morgan fingerprint density at radius 2 is 1.65 bits per heavy atom. The number of aliphatic carboxylic acids is 1. The molecule has 0 bridgehead atoms. The summed E-state index contributed by atoms with van der Waals surface area (Å²) in [6.07, 6.45) is 0.776. The predicted molar refractivity (Wildman–Crippen MR) is 77.7 cm³/mol. The van der Waals surface area contributed by atoms with Crippen molar-refractivity contribution in [2.75, 3.05) is 5.43 Å². The van der Waals surface area contributed by atoms with Gasteiger partial charge in [0.1, 0.15) is 17.7 Å². The van der Waals surface area contributed by atoms with Gasteiger partial charge in [-0.25, -0.2) is 4.79 Å². The van der Waals surface area contributed by atoms with Crippen LogP contribution in [0.3, 0.4) is 0 Å². The summed E-state index contributed by atoms with van der Waals surface area (Å²) in [6.45, 7) is 0. The molecule has 0 unspecified atom stereocenters. The van der Waals surface area contributed by atoms with E-state index in [1.54, 1.807) is 48.5 Å². The minimum Gasteiger partial charge on any atom is -0.477 e.